The van der Waals surface area contributed by atoms with Gasteiger partial charge < -0.3 is 37.0 Å². The predicted molar refractivity (Wildman–Crippen MR) is 109 cm³/mol. The maximum absolute atomic E-state index is 12.8. The molecule has 0 aromatic rings. The van der Waals surface area contributed by atoms with Crippen LogP contribution in [0, 0.1) is 11.8 Å². The van der Waals surface area contributed by atoms with E-state index < -0.39 is 60.6 Å². The van der Waals surface area contributed by atoms with Crippen molar-refractivity contribution in [3.63, 3.8) is 0 Å². The minimum absolute atomic E-state index is 0.328. The summed E-state index contributed by atoms with van der Waals surface area (Å²) in [5.74, 6) is -4.21. The zero-order valence-electron chi connectivity index (χ0n) is 18.2. The van der Waals surface area contributed by atoms with Crippen molar-refractivity contribution in [2.24, 2.45) is 17.6 Å². The molecule has 7 unspecified atom stereocenters. The zero-order valence-corrected chi connectivity index (χ0v) is 18.2. The van der Waals surface area contributed by atoms with Gasteiger partial charge in [0.1, 0.15) is 24.2 Å². The van der Waals surface area contributed by atoms with E-state index in [-0.39, 0.29) is 11.8 Å². The molecule has 30 heavy (non-hydrogen) atoms. The fourth-order valence-electron chi connectivity index (χ4n) is 2.56. The van der Waals surface area contributed by atoms with Crippen LogP contribution in [0.25, 0.3) is 0 Å². The van der Waals surface area contributed by atoms with E-state index in [1.165, 1.54) is 6.92 Å². The zero-order chi connectivity index (χ0) is 23.6. The maximum atomic E-state index is 12.8. The second-order valence-electron chi connectivity index (χ2n) is 7.59. The first kappa shape index (κ1) is 27.8. The SMILES string of the molecule is CCC(C)C(NC(=O)C(NC(=O)C(CO)NC(=O)C(N)C(C)O)C(C)CC)C(=O)O. The molecule has 0 rings (SSSR count). The highest BCUT2D eigenvalue weighted by Gasteiger charge is 2.34. The van der Waals surface area contributed by atoms with Gasteiger partial charge in [0.2, 0.25) is 17.7 Å². The molecule has 0 heterocycles. The van der Waals surface area contributed by atoms with Crippen LogP contribution in [-0.2, 0) is 19.2 Å². The summed E-state index contributed by atoms with van der Waals surface area (Å²) in [6.07, 6.45) is -0.137. The summed E-state index contributed by atoms with van der Waals surface area (Å²) < 4.78 is 0. The van der Waals surface area contributed by atoms with E-state index >= 15 is 0 Å². The number of aliphatic hydroxyl groups is 2. The molecule has 0 saturated carbocycles. The second-order valence-corrected chi connectivity index (χ2v) is 7.59. The van der Waals surface area contributed by atoms with Gasteiger partial charge in [-0.25, -0.2) is 4.79 Å². The highest BCUT2D eigenvalue weighted by molar-refractivity contribution is 5.94. The molecule has 0 spiro atoms. The van der Waals surface area contributed by atoms with Crippen molar-refractivity contribution in [3.8, 4) is 0 Å². The van der Waals surface area contributed by atoms with Crippen LogP contribution in [0.4, 0.5) is 0 Å². The highest BCUT2D eigenvalue weighted by Crippen LogP contribution is 2.12. The fraction of sp³-hybridized carbons (Fsp3) is 0.789. The Morgan fingerprint density at radius 1 is 0.833 bits per heavy atom. The van der Waals surface area contributed by atoms with Crippen LogP contribution >= 0.6 is 0 Å². The van der Waals surface area contributed by atoms with Gasteiger partial charge in [-0.15, -0.1) is 0 Å². The van der Waals surface area contributed by atoms with E-state index in [0.29, 0.717) is 12.8 Å². The number of nitrogens with one attached hydrogen (secondary N) is 3. The molecule has 0 bridgehead atoms. The average Bonchev–Trinajstić information content (AvgIpc) is 2.71. The Balaban J connectivity index is 5.39. The van der Waals surface area contributed by atoms with E-state index in [1.807, 2.05) is 0 Å². The largest absolute Gasteiger partial charge is 0.480 e. The molecule has 11 nitrogen and oxygen atoms in total. The molecule has 0 aliphatic carbocycles. The number of nitrogens with two attached hydrogens (primary N) is 1. The highest BCUT2D eigenvalue weighted by atomic mass is 16.4. The van der Waals surface area contributed by atoms with Gasteiger partial charge in [0.15, 0.2) is 0 Å². The van der Waals surface area contributed by atoms with Gasteiger partial charge in [0.25, 0.3) is 0 Å². The molecule has 0 aliphatic heterocycles. The van der Waals surface area contributed by atoms with Gasteiger partial charge in [-0.1, -0.05) is 40.5 Å². The minimum Gasteiger partial charge on any atom is -0.480 e. The van der Waals surface area contributed by atoms with E-state index in [2.05, 4.69) is 16.0 Å². The molecule has 0 aromatic heterocycles. The smallest absolute Gasteiger partial charge is 0.326 e. The summed E-state index contributed by atoms with van der Waals surface area (Å²) in [6.45, 7) is 7.54. The van der Waals surface area contributed by atoms with Crippen LogP contribution in [0.1, 0.15) is 47.5 Å². The summed E-state index contributed by atoms with van der Waals surface area (Å²) in [6, 6.07) is -4.90. The fourth-order valence-corrected chi connectivity index (χ4v) is 2.56. The summed E-state index contributed by atoms with van der Waals surface area (Å²) >= 11 is 0. The van der Waals surface area contributed by atoms with Crippen molar-refractivity contribution in [2.75, 3.05) is 6.61 Å². The molecule has 11 heteroatoms. The van der Waals surface area contributed by atoms with Crippen molar-refractivity contribution in [1.29, 1.82) is 0 Å². The summed E-state index contributed by atoms with van der Waals surface area (Å²) in [4.78, 5) is 48.8. The van der Waals surface area contributed by atoms with Gasteiger partial charge in [-0.3, -0.25) is 14.4 Å². The van der Waals surface area contributed by atoms with E-state index in [1.54, 1.807) is 27.7 Å². The van der Waals surface area contributed by atoms with E-state index in [4.69, 9.17) is 5.73 Å². The maximum Gasteiger partial charge on any atom is 0.326 e. The number of aliphatic hydroxyl groups excluding tert-OH is 2. The molecule has 0 aliphatic rings. The Bertz CT molecular complexity index is 599. The van der Waals surface area contributed by atoms with Gasteiger partial charge >= 0.3 is 5.97 Å². The molecule has 3 amide bonds. The Morgan fingerprint density at radius 2 is 1.30 bits per heavy atom. The Hall–Kier alpha value is -2.24. The minimum atomic E-state index is -1.40. The molecule has 0 fully saturated rings. The molecule has 7 atom stereocenters. The van der Waals surface area contributed by atoms with Gasteiger partial charge in [0.05, 0.1) is 12.7 Å². The second kappa shape index (κ2) is 13.1. The summed E-state index contributed by atoms with van der Waals surface area (Å²) in [5.41, 5.74) is 5.51. The number of hydrogen-bond donors (Lipinski definition) is 7. The number of amides is 3. The number of carboxylic acids is 1. The van der Waals surface area contributed by atoms with Gasteiger partial charge in [0, 0.05) is 0 Å². The lowest BCUT2D eigenvalue weighted by molar-refractivity contribution is -0.144. The van der Waals surface area contributed by atoms with Gasteiger partial charge in [-0.2, -0.15) is 0 Å². The lowest BCUT2D eigenvalue weighted by Gasteiger charge is -2.29. The monoisotopic (exact) mass is 432 g/mol. The first-order chi connectivity index (χ1) is 13.9. The molecule has 8 N–H and O–H groups in total. The lowest BCUT2D eigenvalue weighted by Crippen LogP contribution is -2.60. The van der Waals surface area contributed by atoms with Crippen molar-refractivity contribution >= 4 is 23.7 Å². The Labute approximate surface area is 176 Å². The standard InChI is InChI=1S/C19H36N4O7/c1-6-9(3)14(18(28)23-15(19(29)30)10(4)7-2)22-16(26)12(8-24)21-17(27)13(20)11(5)25/h9-15,24-25H,6-8,20H2,1-5H3,(H,21,27)(H,22,26)(H,23,28)(H,29,30). The quantitative estimate of drug-likeness (QED) is 0.179. The first-order valence-electron chi connectivity index (χ1n) is 10.1. The van der Waals surface area contributed by atoms with Crippen LogP contribution in [-0.4, -0.2) is 75.9 Å². The number of hydrogen-bond acceptors (Lipinski definition) is 7. The van der Waals surface area contributed by atoms with Crippen molar-refractivity contribution in [1.82, 2.24) is 16.0 Å². The average molecular weight is 433 g/mol. The molecule has 0 radical (unpaired) electrons. The number of rotatable bonds is 13. The third kappa shape index (κ3) is 8.25. The van der Waals surface area contributed by atoms with Crippen molar-refractivity contribution < 1.29 is 34.5 Å². The third-order valence-corrected chi connectivity index (χ3v) is 5.21. The number of carboxylic acid groups (broad SMARTS) is 1. The third-order valence-electron chi connectivity index (χ3n) is 5.21. The lowest BCUT2D eigenvalue weighted by atomic mass is 9.95. The van der Waals surface area contributed by atoms with Crippen molar-refractivity contribution in [2.45, 2.75) is 77.7 Å². The number of carbonyl (C=O) groups is 4. The Morgan fingerprint density at radius 3 is 1.70 bits per heavy atom. The van der Waals surface area contributed by atoms with E-state index in [0.717, 1.165) is 0 Å². The van der Waals surface area contributed by atoms with Crippen LogP contribution in [0.15, 0.2) is 0 Å². The topological polar surface area (TPSA) is 191 Å². The molecular formula is C19H36N4O7. The van der Waals surface area contributed by atoms with Crippen molar-refractivity contribution in [3.05, 3.63) is 0 Å². The first-order valence-corrected chi connectivity index (χ1v) is 10.1. The normalized spacial score (nSPS) is 18.1. The predicted octanol–water partition coefficient (Wildman–Crippen LogP) is -1.68. The van der Waals surface area contributed by atoms with E-state index in [9.17, 15) is 34.5 Å². The molecular weight excluding hydrogens is 396 g/mol. The molecule has 174 valence electrons. The summed E-state index contributed by atoms with van der Waals surface area (Å²) in [7, 11) is 0. The molecule has 0 saturated heterocycles. The van der Waals surface area contributed by atoms with Crippen LogP contribution in [0.5, 0.6) is 0 Å². The number of carbonyl (C=O) groups excluding carboxylic acids is 3. The molecule has 0 aromatic carbocycles. The van der Waals surface area contributed by atoms with Crippen LogP contribution in [0.2, 0.25) is 0 Å². The summed E-state index contributed by atoms with van der Waals surface area (Å²) in [5, 5.41) is 35.4. The van der Waals surface area contributed by atoms with Crippen LogP contribution in [0.3, 0.4) is 0 Å². The van der Waals surface area contributed by atoms with Gasteiger partial charge in [-0.05, 0) is 18.8 Å². The Kier molecular flexibility index (Phi) is 12.2. The number of aliphatic carboxylic acids is 1. The van der Waals surface area contributed by atoms with Crippen LogP contribution < -0.4 is 21.7 Å².